The molecule has 0 spiro atoms. The molecule has 0 aliphatic carbocycles. The number of carbonyl (C=O) groups excluding carboxylic acids is 2. The lowest BCUT2D eigenvalue weighted by Crippen LogP contribution is -2.24. The first-order valence-electron chi connectivity index (χ1n) is 7.25. The number of hydrogen-bond acceptors (Lipinski definition) is 6. The van der Waals surface area contributed by atoms with Crippen molar-refractivity contribution in [3.8, 4) is 0 Å². The van der Waals surface area contributed by atoms with Gasteiger partial charge < -0.3 is 25.1 Å². The van der Waals surface area contributed by atoms with Crippen molar-refractivity contribution < 1.29 is 19.8 Å². The molecule has 0 aliphatic heterocycles. The summed E-state index contributed by atoms with van der Waals surface area (Å²) in [6.45, 7) is 1.93. The molecule has 0 atom stereocenters. The van der Waals surface area contributed by atoms with Gasteiger partial charge in [0.05, 0.1) is 23.1 Å². The number of hydrogen-bond donors (Lipinski definition) is 1. The number of halogens is 1. The number of benzene rings is 2. The quantitative estimate of drug-likeness (QED) is 0.717. The smallest absolute Gasteiger partial charge is 0.0752 e. The molecule has 1 N–H and O–H groups in total. The first kappa shape index (κ1) is 16.9. The van der Waals surface area contributed by atoms with Crippen LogP contribution in [-0.2, 0) is 0 Å². The minimum atomic E-state index is -1.41. The lowest BCUT2D eigenvalue weighted by molar-refractivity contribution is -0.256. The van der Waals surface area contributed by atoms with E-state index in [-0.39, 0.29) is 16.8 Å². The highest BCUT2D eigenvalue weighted by Crippen LogP contribution is 2.31. The Hall–Kier alpha value is -2.93. The fourth-order valence-electron chi connectivity index (χ4n) is 2.42. The van der Waals surface area contributed by atoms with Gasteiger partial charge in [0, 0.05) is 27.3 Å². The van der Waals surface area contributed by atoms with Gasteiger partial charge in [-0.2, -0.15) is 0 Å². The van der Waals surface area contributed by atoms with Gasteiger partial charge in [0.2, 0.25) is 0 Å². The van der Waals surface area contributed by atoms with Crippen molar-refractivity contribution in [1.82, 2.24) is 4.98 Å². The van der Waals surface area contributed by atoms with E-state index in [1.165, 1.54) is 24.4 Å². The Morgan fingerprint density at radius 2 is 1.84 bits per heavy atom. The summed E-state index contributed by atoms with van der Waals surface area (Å²) in [4.78, 5) is 26.6. The van der Waals surface area contributed by atoms with Crippen LogP contribution >= 0.6 is 15.9 Å². The van der Waals surface area contributed by atoms with Crippen LogP contribution in [0.2, 0.25) is 0 Å². The van der Waals surface area contributed by atoms with Crippen LogP contribution in [-0.4, -0.2) is 16.9 Å². The van der Waals surface area contributed by atoms with Crippen LogP contribution in [0.3, 0.4) is 0 Å². The third-order valence-electron chi connectivity index (χ3n) is 3.76. The molecule has 2 aromatic carbocycles. The number of carboxylic acid groups (broad SMARTS) is 2. The zero-order chi connectivity index (χ0) is 18.1. The summed E-state index contributed by atoms with van der Waals surface area (Å²) >= 11 is 3.42. The third kappa shape index (κ3) is 3.32. The number of anilines is 2. The summed E-state index contributed by atoms with van der Waals surface area (Å²) in [6, 6.07) is 9.62. The maximum absolute atomic E-state index is 11.5. The summed E-state index contributed by atoms with van der Waals surface area (Å²) in [5.41, 5.74) is 2.07. The van der Waals surface area contributed by atoms with E-state index in [1.807, 2.05) is 13.0 Å². The van der Waals surface area contributed by atoms with E-state index in [9.17, 15) is 19.8 Å². The molecule has 0 radical (unpaired) electrons. The average Bonchev–Trinajstić information content (AvgIpc) is 2.57. The van der Waals surface area contributed by atoms with Crippen molar-refractivity contribution in [3.63, 3.8) is 0 Å². The Bertz CT molecular complexity index is 1010. The van der Waals surface area contributed by atoms with Crippen LogP contribution in [0.1, 0.15) is 26.3 Å². The van der Waals surface area contributed by atoms with E-state index in [0.717, 1.165) is 10.0 Å². The van der Waals surface area contributed by atoms with Gasteiger partial charge in [-0.1, -0.05) is 28.1 Å². The van der Waals surface area contributed by atoms with Gasteiger partial charge in [0.25, 0.3) is 0 Å². The van der Waals surface area contributed by atoms with Gasteiger partial charge >= 0.3 is 0 Å². The normalized spacial score (nSPS) is 10.6. The van der Waals surface area contributed by atoms with Crippen molar-refractivity contribution in [2.45, 2.75) is 6.92 Å². The molecule has 3 rings (SSSR count). The molecule has 126 valence electrons. The van der Waals surface area contributed by atoms with Crippen molar-refractivity contribution >= 4 is 50.1 Å². The van der Waals surface area contributed by atoms with E-state index in [4.69, 9.17) is 0 Å². The summed E-state index contributed by atoms with van der Waals surface area (Å²) < 4.78 is 0.848. The highest BCUT2D eigenvalue weighted by Gasteiger charge is 2.12. The lowest BCUT2D eigenvalue weighted by atomic mass is 10.1. The van der Waals surface area contributed by atoms with Gasteiger partial charge in [-0.25, -0.2) is 0 Å². The highest BCUT2D eigenvalue weighted by molar-refractivity contribution is 9.10. The molecule has 0 aliphatic rings. The number of nitrogens with one attached hydrogen (secondary N) is 1. The van der Waals surface area contributed by atoms with Crippen LogP contribution in [0.25, 0.3) is 10.9 Å². The van der Waals surface area contributed by atoms with Crippen LogP contribution in [0.4, 0.5) is 11.4 Å². The Kier molecular flexibility index (Phi) is 4.41. The second-order valence-corrected chi connectivity index (χ2v) is 6.30. The van der Waals surface area contributed by atoms with Crippen molar-refractivity contribution in [3.05, 3.63) is 63.8 Å². The Morgan fingerprint density at radius 1 is 1.08 bits per heavy atom. The second-order valence-electron chi connectivity index (χ2n) is 5.44. The molecule has 0 unspecified atom stereocenters. The standard InChI is InChI=1S/C18H13BrN2O4/c1-9-2-4-11(7-14(9)19)21-16-12-6-10(17(22)23)3-5-15(12)20-8-13(16)18(24)25/h2-8H,1H3,(H,20,21)(H,22,23)(H,24,25)/p-2. The number of fused-ring (bicyclic) bond motifs is 1. The first-order chi connectivity index (χ1) is 11.9. The average molecular weight is 399 g/mol. The maximum atomic E-state index is 11.5. The Morgan fingerprint density at radius 3 is 2.48 bits per heavy atom. The largest absolute Gasteiger partial charge is 0.545 e. The molecule has 0 fully saturated rings. The third-order valence-corrected chi connectivity index (χ3v) is 4.62. The van der Waals surface area contributed by atoms with Crippen molar-refractivity contribution in [2.75, 3.05) is 5.32 Å². The van der Waals surface area contributed by atoms with E-state index in [1.54, 1.807) is 12.1 Å². The number of rotatable bonds is 4. The van der Waals surface area contributed by atoms with Gasteiger partial charge in [-0.15, -0.1) is 0 Å². The van der Waals surface area contributed by atoms with Gasteiger partial charge in [-0.3, -0.25) is 4.98 Å². The molecule has 0 saturated carbocycles. The zero-order valence-electron chi connectivity index (χ0n) is 13.0. The molecular formula is C18H11BrN2O4-2. The van der Waals surface area contributed by atoms with E-state index in [2.05, 4.69) is 26.2 Å². The van der Waals surface area contributed by atoms with Crippen LogP contribution < -0.4 is 15.5 Å². The van der Waals surface area contributed by atoms with Gasteiger partial charge in [-0.05, 0) is 42.3 Å². The number of carboxylic acids is 2. The SMILES string of the molecule is Cc1ccc(Nc2c(C(=O)[O-])cnc3ccc(C(=O)[O-])cc23)cc1Br. The van der Waals surface area contributed by atoms with Gasteiger partial charge in [0.1, 0.15) is 0 Å². The van der Waals surface area contributed by atoms with Crippen LogP contribution in [0.5, 0.6) is 0 Å². The van der Waals surface area contributed by atoms with E-state index in [0.29, 0.717) is 16.6 Å². The number of aromatic nitrogens is 1. The molecular weight excluding hydrogens is 388 g/mol. The van der Waals surface area contributed by atoms with Crippen LogP contribution in [0, 0.1) is 6.92 Å². The molecule has 1 aromatic heterocycles. The molecule has 0 saturated heterocycles. The molecule has 3 aromatic rings. The number of aromatic carboxylic acids is 2. The zero-order valence-corrected chi connectivity index (χ0v) is 14.6. The first-order valence-corrected chi connectivity index (χ1v) is 8.05. The Labute approximate surface area is 151 Å². The maximum Gasteiger partial charge on any atom is 0.0752 e. The molecule has 0 amide bonds. The van der Waals surface area contributed by atoms with Crippen LogP contribution in [0.15, 0.2) is 47.1 Å². The highest BCUT2D eigenvalue weighted by atomic mass is 79.9. The second kappa shape index (κ2) is 6.52. The van der Waals surface area contributed by atoms with E-state index < -0.39 is 11.9 Å². The predicted octanol–water partition coefficient (Wildman–Crippen LogP) is 1.78. The topological polar surface area (TPSA) is 105 Å². The minimum absolute atomic E-state index is 0.0714. The van der Waals surface area contributed by atoms with Gasteiger partial charge in [0.15, 0.2) is 0 Å². The fourth-order valence-corrected chi connectivity index (χ4v) is 2.80. The molecule has 7 heteroatoms. The summed E-state index contributed by atoms with van der Waals surface area (Å²) in [5.74, 6) is -2.77. The lowest BCUT2D eigenvalue weighted by Gasteiger charge is -2.17. The molecule has 0 bridgehead atoms. The monoisotopic (exact) mass is 398 g/mol. The van der Waals surface area contributed by atoms with Crippen molar-refractivity contribution in [1.29, 1.82) is 0 Å². The number of aryl methyl sites for hydroxylation is 1. The number of carbonyl (C=O) groups is 2. The summed E-state index contributed by atoms with van der Waals surface area (Å²) in [6.07, 6.45) is 1.18. The predicted molar refractivity (Wildman–Crippen MR) is 92.6 cm³/mol. The molecule has 25 heavy (non-hydrogen) atoms. The summed E-state index contributed by atoms with van der Waals surface area (Å²) in [5, 5.41) is 26.0. The number of pyridine rings is 1. The van der Waals surface area contributed by atoms with Crippen molar-refractivity contribution in [2.24, 2.45) is 0 Å². The minimum Gasteiger partial charge on any atom is -0.545 e. The Balaban J connectivity index is 2.22. The number of nitrogens with zero attached hydrogens (tertiary/aromatic N) is 1. The summed E-state index contributed by atoms with van der Waals surface area (Å²) in [7, 11) is 0. The molecule has 1 heterocycles. The molecule has 6 nitrogen and oxygen atoms in total. The fraction of sp³-hybridized carbons (Fsp3) is 0.0556. The van der Waals surface area contributed by atoms with E-state index >= 15 is 0 Å².